The van der Waals surface area contributed by atoms with Crippen molar-refractivity contribution >= 4 is 28.6 Å². The standard InChI is InChI=1S/C31H38N6O3/c1-2-40-30(39)31(14-18-36(19-15-31)25-11-16-33-17-12-25)13-10-28-35-26-20-23(21-32)8-9-27(26)37(28)22-29(38)34-24-6-4-3-5-7-24/h8-9,11-12,16-17,20,24H,2-7,10,13-15,18-19,22H2,1H3,(H,34,38). The van der Waals surface area contributed by atoms with Crippen molar-refractivity contribution in [2.45, 2.75) is 77.3 Å². The number of nitrogens with one attached hydrogen (secondary N) is 1. The van der Waals surface area contributed by atoms with Crippen molar-refractivity contribution in [1.82, 2.24) is 19.9 Å². The molecule has 0 unspecified atom stereocenters. The molecule has 1 saturated carbocycles. The van der Waals surface area contributed by atoms with Crippen LogP contribution in [0.5, 0.6) is 0 Å². The quantitative estimate of drug-likeness (QED) is 0.395. The van der Waals surface area contributed by atoms with Gasteiger partial charge in [-0.05, 0) is 69.4 Å². The van der Waals surface area contributed by atoms with E-state index in [9.17, 15) is 14.9 Å². The summed E-state index contributed by atoms with van der Waals surface area (Å²) in [5.41, 5.74) is 2.53. The lowest BCUT2D eigenvalue weighted by Crippen LogP contribution is -2.45. The second kappa shape index (κ2) is 12.5. The summed E-state index contributed by atoms with van der Waals surface area (Å²) in [5.74, 6) is 0.570. The van der Waals surface area contributed by atoms with Gasteiger partial charge in [-0.3, -0.25) is 14.6 Å². The molecule has 2 aliphatic rings. The summed E-state index contributed by atoms with van der Waals surface area (Å²) < 4.78 is 7.55. The SMILES string of the molecule is CCOC(=O)C1(CCc2nc3cc(C#N)ccc3n2CC(=O)NC2CCCCC2)CCN(c2ccncc2)CC1. The predicted molar refractivity (Wildman–Crippen MR) is 153 cm³/mol. The number of nitriles is 1. The predicted octanol–water partition coefficient (Wildman–Crippen LogP) is 4.53. The fourth-order valence-corrected chi connectivity index (χ4v) is 6.22. The first-order valence-corrected chi connectivity index (χ1v) is 14.5. The molecule has 3 heterocycles. The van der Waals surface area contributed by atoms with E-state index in [0.717, 1.165) is 55.8 Å². The van der Waals surface area contributed by atoms with Crippen LogP contribution >= 0.6 is 0 Å². The monoisotopic (exact) mass is 542 g/mol. The second-order valence-corrected chi connectivity index (χ2v) is 11.0. The Hall–Kier alpha value is -3.93. The molecule has 0 bridgehead atoms. The van der Waals surface area contributed by atoms with E-state index in [2.05, 4.69) is 21.3 Å². The molecule has 0 spiro atoms. The van der Waals surface area contributed by atoms with Crippen LogP contribution in [0.1, 0.15) is 69.7 Å². The van der Waals surface area contributed by atoms with Crippen LogP contribution in [0.25, 0.3) is 11.0 Å². The average Bonchev–Trinajstić information content (AvgIpc) is 3.33. The Morgan fingerprint density at radius 2 is 1.88 bits per heavy atom. The maximum absolute atomic E-state index is 13.3. The van der Waals surface area contributed by atoms with Crippen LogP contribution in [0.4, 0.5) is 5.69 Å². The number of esters is 1. The lowest BCUT2D eigenvalue weighted by atomic mass is 9.74. The van der Waals surface area contributed by atoms with Crippen LogP contribution < -0.4 is 10.2 Å². The second-order valence-electron chi connectivity index (χ2n) is 11.0. The number of ether oxygens (including phenoxy) is 1. The highest BCUT2D eigenvalue weighted by Crippen LogP contribution is 2.39. The molecule has 0 radical (unpaired) electrons. The molecule has 9 nitrogen and oxygen atoms in total. The molecule has 1 amide bonds. The first-order valence-electron chi connectivity index (χ1n) is 14.5. The molecule has 1 saturated heterocycles. The molecule has 210 valence electrons. The van der Waals surface area contributed by atoms with Crippen LogP contribution in [0, 0.1) is 16.7 Å². The van der Waals surface area contributed by atoms with Gasteiger partial charge in [0.2, 0.25) is 5.91 Å². The number of piperidine rings is 1. The van der Waals surface area contributed by atoms with E-state index in [4.69, 9.17) is 9.72 Å². The maximum atomic E-state index is 13.3. The summed E-state index contributed by atoms with van der Waals surface area (Å²) in [6.45, 7) is 3.83. The summed E-state index contributed by atoms with van der Waals surface area (Å²) in [5, 5.41) is 12.6. The van der Waals surface area contributed by atoms with E-state index in [0.29, 0.717) is 43.4 Å². The van der Waals surface area contributed by atoms with Gasteiger partial charge in [-0.25, -0.2) is 4.98 Å². The Morgan fingerprint density at radius 3 is 2.58 bits per heavy atom. The van der Waals surface area contributed by atoms with Gasteiger partial charge in [0.05, 0.1) is 34.7 Å². The molecular formula is C31H38N6O3. The fourth-order valence-electron chi connectivity index (χ4n) is 6.22. The molecule has 1 aliphatic carbocycles. The molecule has 1 N–H and O–H groups in total. The van der Waals surface area contributed by atoms with Crippen molar-refractivity contribution in [2.75, 3.05) is 24.6 Å². The highest BCUT2D eigenvalue weighted by molar-refractivity contribution is 5.82. The molecule has 1 aromatic carbocycles. The Morgan fingerprint density at radius 1 is 1.12 bits per heavy atom. The third-order valence-corrected chi connectivity index (χ3v) is 8.51. The van der Waals surface area contributed by atoms with Crippen molar-refractivity contribution in [3.05, 3.63) is 54.1 Å². The van der Waals surface area contributed by atoms with Gasteiger partial charge in [0, 0.05) is 43.6 Å². The Labute approximate surface area is 235 Å². The van der Waals surface area contributed by atoms with E-state index < -0.39 is 5.41 Å². The molecule has 9 heteroatoms. The summed E-state index contributed by atoms with van der Waals surface area (Å²) >= 11 is 0. The number of nitrogens with zero attached hydrogens (tertiary/aromatic N) is 5. The molecule has 2 fully saturated rings. The van der Waals surface area contributed by atoms with Crippen LogP contribution in [-0.2, 0) is 27.3 Å². The van der Waals surface area contributed by atoms with Gasteiger partial charge in [-0.1, -0.05) is 19.3 Å². The van der Waals surface area contributed by atoms with Gasteiger partial charge in [-0.15, -0.1) is 0 Å². The number of amides is 1. The van der Waals surface area contributed by atoms with Crippen LogP contribution in [-0.4, -0.2) is 52.1 Å². The van der Waals surface area contributed by atoms with Gasteiger partial charge in [0.15, 0.2) is 0 Å². The minimum absolute atomic E-state index is 0.0254. The third-order valence-electron chi connectivity index (χ3n) is 8.51. The Kier molecular flexibility index (Phi) is 8.63. The number of imidazole rings is 1. The summed E-state index contributed by atoms with van der Waals surface area (Å²) in [6, 6.07) is 11.8. The minimum Gasteiger partial charge on any atom is -0.466 e. The van der Waals surface area contributed by atoms with Crippen LogP contribution in [0.3, 0.4) is 0 Å². The van der Waals surface area contributed by atoms with E-state index in [-0.39, 0.29) is 24.5 Å². The molecule has 0 atom stereocenters. The number of rotatable bonds is 9. The highest BCUT2D eigenvalue weighted by Gasteiger charge is 2.42. The molecule has 1 aliphatic heterocycles. The van der Waals surface area contributed by atoms with Crippen molar-refractivity contribution < 1.29 is 14.3 Å². The topological polar surface area (TPSA) is 113 Å². The normalized spacial score (nSPS) is 17.4. The van der Waals surface area contributed by atoms with E-state index >= 15 is 0 Å². The van der Waals surface area contributed by atoms with Crippen molar-refractivity contribution in [3.8, 4) is 6.07 Å². The number of carbonyl (C=O) groups excluding carboxylic acids is 2. The number of aromatic nitrogens is 3. The number of hydrogen-bond acceptors (Lipinski definition) is 7. The van der Waals surface area contributed by atoms with Crippen molar-refractivity contribution in [3.63, 3.8) is 0 Å². The largest absolute Gasteiger partial charge is 0.466 e. The summed E-state index contributed by atoms with van der Waals surface area (Å²) in [4.78, 5) is 37.8. The third kappa shape index (κ3) is 6.11. The number of pyridine rings is 1. The first-order chi connectivity index (χ1) is 19.5. The zero-order chi connectivity index (χ0) is 28.0. The smallest absolute Gasteiger partial charge is 0.312 e. The zero-order valence-corrected chi connectivity index (χ0v) is 23.3. The van der Waals surface area contributed by atoms with E-state index in [1.54, 1.807) is 24.5 Å². The number of aryl methyl sites for hydroxylation is 1. The Bertz CT molecular complexity index is 1360. The maximum Gasteiger partial charge on any atom is 0.312 e. The zero-order valence-electron chi connectivity index (χ0n) is 23.3. The molecule has 3 aromatic rings. The highest BCUT2D eigenvalue weighted by atomic mass is 16.5. The minimum atomic E-state index is -0.620. The Balaban J connectivity index is 1.37. The number of hydrogen-bond donors (Lipinski definition) is 1. The van der Waals surface area contributed by atoms with E-state index in [1.165, 1.54) is 6.42 Å². The summed E-state index contributed by atoms with van der Waals surface area (Å²) in [6.07, 6.45) is 11.6. The van der Waals surface area contributed by atoms with Crippen LogP contribution in [0.2, 0.25) is 0 Å². The number of benzene rings is 1. The van der Waals surface area contributed by atoms with Gasteiger partial charge in [-0.2, -0.15) is 5.26 Å². The van der Waals surface area contributed by atoms with Gasteiger partial charge >= 0.3 is 5.97 Å². The lowest BCUT2D eigenvalue weighted by Gasteiger charge is -2.41. The molecule has 40 heavy (non-hydrogen) atoms. The fraction of sp³-hybridized carbons (Fsp3) is 0.516. The average molecular weight is 543 g/mol. The van der Waals surface area contributed by atoms with Gasteiger partial charge < -0.3 is 19.5 Å². The lowest BCUT2D eigenvalue weighted by molar-refractivity contribution is -0.157. The van der Waals surface area contributed by atoms with Gasteiger partial charge in [0.1, 0.15) is 12.4 Å². The molecule has 2 aromatic heterocycles. The van der Waals surface area contributed by atoms with Crippen LogP contribution in [0.15, 0.2) is 42.7 Å². The number of carbonyl (C=O) groups is 2. The number of anilines is 1. The van der Waals surface area contributed by atoms with Crippen molar-refractivity contribution in [2.24, 2.45) is 5.41 Å². The molecular weight excluding hydrogens is 504 g/mol. The van der Waals surface area contributed by atoms with E-state index in [1.807, 2.05) is 29.7 Å². The number of fused-ring (bicyclic) bond motifs is 1. The van der Waals surface area contributed by atoms with Gasteiger partial charge in [0.25, 0.3) is 0 Å². The molecule has 5 rings (SSSR count). The first kappa shape index (κ1) is 27.6. The van der Waals surface area contributed by atoms with Crippen molar-refractivity contribution in [1.29, 1.82) is 5.26 Å². The summed E-state index contributed by atoms with van der Waals surface area (Å²) in [7, 11) is 0.